The summed E-state index contributed by atoms with van der Waals surface area (Å²) in [5.74, 6) is 0.0701. The standard InChI is InChI=1S/C26H34O4/c27-24(14-11-20-7-3-1-4-8-20)18-23(26(28)29)17-21-12-15-25(16-13-21)30-19-22-9-5-2-6-10-22/h2,5-6,9-10,12-13,15-16,20,23-24,27H,1,3-4,7-8,11,14,17-19H2,(H,28,29)/t23-,24+/m1/s1. The first-order valence-electron chi connectivity index (χ1n) is 11.3. The number of hydrogen-bond donors (Lipinski definition) is 2. The molecule has 0 unspecified atom stereocenters. The molecule has 0 aromatic heterocycles. The van der Waals surface area contributed by atoms with Gasteiger partial charge in [0, 0.05) is 0 Å². The second-order valence-electron chi connectivity index (χ2n) is 8.63. The maximum absolute atomic E-state index is 11.7. The van der Waals surface area contributed by atoms with E-state index in [4.69, 9.17) is 4.74 Å². The lowest BCUT2D eigenvalue weighted by Gasteiger charge is -2.23. The van der Waals surface area contributed by atoms with Gasteiger partial charge in [-0.15, -0.1) is 0 Å². The Labute approximate surface area is 179 Å². The van der Waals surface area contributed by atoms with Crippen molar-refractivity contribution in [1.29, 1.82) is 0 Å². The molecule has 0 heterocycles. The lowest BCUT2D eigenvalue weighted by atomic mass is 9.84. The summed E-state index contributed by atoms with van der Waals surface area (Å²) in [6.45, 7) is 0.505. The van der Waals surface area contributed by atoms with Crippen LogP contribution in [0.5, 0.6) is 5.75 Å². The Morgan fingerprint density at radius 1 is 0.967 bits per heavy atom. The van der Waals surface area contributed by atoms with E-state index < -0.39 is 18.0 Å². The van der Waals surface area contributed by atoms with E-state index in [1.54, 1.807) is 0 Å². The molecular weight excluding hydrogens is 376 g/mol. The number of ether oxygens (including phenoxy) is 1. The van der Waals surface area contributed by atoms with Gasteiger partial charge in [0.25, 0.3) is 0 Å². The van der Waals surface area contributed by atoms with Crippen LogP contribution in [-0.4, -0.2) is 22.3 Å². The van der Waals surface area contributed by atoms with E-state index in [2.05, 4.69) is 0 Å². The van der Waals surface area contributed by atoms with E-state index in [1.807, 2.05) is 54.6 Å². The Morgan fingerprint density at radius 3 is 2.33 bits per heavy atom. The van der Waals surface area contributed by atoms with Gasteiger partial charge < -0.3 is 14.9 Å². The first-order chi connectivity index (χ1) is 14.6. The molecule has 4 nitrogen and oxygen atoms in total. The topological polar surface area (TPSA) is 66.8 Å². The molecule has 30 heavy (non-hydrogen) atoms. The summed E-state index contributed by atoms with van der Waals surface area (Å²) < 4.78 is 5.80. The van der Waals surface area contributed by atoms with Gasteiger partial charge >= 0.3 is 5.97 Å². The first kappa shape index (κ1) is 22.4. The third kappa shape index (κ3) is 7.49. The molecule has 2 N–H and O–H groups in total. The second kappa shape index (κ2) is 11.8. The quantitative estimate of drug-likeness (QED) is 0.504. The zero-order chi connectivity index (χ0) is 21.2. The van der Waals surface area contributed by atoms with Crippen LogP contribution in [0.25, 0.3) is 0 Å². The molecule has 2 atom stereocenters. The van der Waals surface area contributed by atoms with Crippen molar-refractivity contribution in [1.82, 2.24) is 0 Å². The second-order valence-corrected chi connectivity index (χ2v) is 8.63. The summed E-state index contributed by atoms with van der Waals surface area (Å²) in [6, 6.07) is 17.6. The van der Waals surface area contributed by atoms with Crippen LogP contribution in [0.4, 0.5) is 0 Å². The Morgan fingerprint density at radius 2 is 1.67 bits per heavy atom. The Hall–Kier alpha value is -2.33. The van der Waals surface area contributed by atoms with Crippen molar-refractivity contribution in [2.45, 2.75) is 70.5 Å². The fourth-order valence-electron chi connectivity index (χ4n) is 4.37. The third-order valence-electron chi connectivity index (χ3n) is 6.19. The molecule has 4 heteroatoms. The van der Waals surface area contributed by atoms with Crippen LogP contribution in [0.3, 0.4) is 0 Å². The van der Waals surface area contributed by atoms with E-state index in [0.717, 1.165) is 23.3 Å². The van der Waals surface area contributed by atoms with Crippen LogP contribution in [0, 0.1) is 11.8 Å². The zero-order valence-electron chi connectivity index (χ0n) is 17.7. The summed E-state index contributed by atoms with van der Waals surface area (Å²) >= 11 is 0. The highest BCUT2D eigenvalue weighted by Crippen LogP contribution is 2.29. The van der Waals surface area contributed by atoms with Gasteiger partial charge in [-0.3, -0.25) is 4.79 Å². The summed E-state index contributed by atoms with van der Waals surface area (Å²) in [6.07, 6.45) is 8.36. The minimum atomic E-state index is -0.837. The smallest absolute Gasteiger partial charge is 0.306 e. The van der Waals surface area contributed by atoms with E-state index in [1.165, 1.54) is 32.1 Å². The number of rotatable bonds is 11. The molecule has 162 valence electrons. The Kier molecular flexibility index (Phi) is 8.76. The predicted octanol–water partition coefficient (Wildman–Crippen LogP) is 5.62. The fraction of sp³-hybridized carbons (Fsp3) is 0.500. The molecule has 0 spiro atoms. The molecule has 0 aliphatic heterocycles. The first-order valence-corrected chi connectivity index (χ1v) is 11.3. The number of aliphatic carboxylic acids is 1. The van der Waals surface area contributed by atoms with Crippen molar-refractivity contribution in [3.8, 4) is 5.75 Å². The average molecular weight is 411 g/mol. The number of carboxylic acids is 1. The van der Waals surface area contributed by atoms with Gasteiger partial charge in [0.05, 0.1) is 12.0 Å². The SMILES string of the molecule is O=C(O)[C@H](Cc1ccc(OCc2ccccc2)cc1)C[C@@H](O)CCC1CCCCC1. The van der Waals surface area contributed by atoms with Crippen LogP contribution >= 0.6 is 0 Å². The van der Waals surface area contributed by atoms with E-state index in [-0.39, 0.29) is 0 Å². The molecule has 2 aromatic rings. The van der Waals surface area contributed by atoms with E-state index >= 15 is 0 Å². The van der Waals surface area contributed by atoms with Gasteiger partial charge in [-0.25, -0.2) is 0 Å². The summed E-state index contributed by atoms with van der Waals surface area (Å²) in [5.41, 5.74) is 2.06. The van der Waals surface area contributed by atoms with E-state index in [0.29, 0.717) is 31.8 Å². The third-order valence-corrected chi connectivity index (χ3v) is 6.19. The molecule has 1 aliphatic carbocycles. The van der Waals surface area contributed by atoms with Crippen LogP contribution in [0.1, 0.15) is 62.5 Å². The van der Waals surface area contributed by atoms with Crippen molar-refractivity contribution < 1.29 is 19.7 Å². The number of aliphatic hydroxyl groups excluding tert-OH is 1. The zero-order valence-corrected chi connectivity index (χ0v) is 17.7. The van der Waals surface area contributed by atoms with Gasteiger partial charge in [0.15, 0.2) is 0 Å². The number of benzene rings is 2. The fourth-order valence-corrected chi connectivity index (χ4v) is 4.37. The molecule has 0 radical (unpaired) electrons. The predicted molar refractivity (Wildman–Crippen MR) is 118 cm³/mol. The van der Waals surface area contributed by atoms with Crippen molar-refractivity contribution in [3.05, 3.63) is 65.7 Å². The van der Waals surface area contributed by atoms with Crippen LogP contribution in [0.2, 0.25) is 0 Å². The molecule has 1 aliphatic rings. The highest BCUT2D eigenvalue weighted by atomic mass is 16.5. The largest absolute Gasteiger partial charge is 0.489 e. The molecule has 0 saturated heterocycles. The maximum atomic E-state index is 11.7. The van der Waals surface area contributed by atoms with E-state index in [9.17, 15) is 15.0 Å². The lowest BCUT2D eigenvalue weighted by molar-refractivity contribution is -0.142. The minimum Gasteiger partial charge on any atom is -0.489 e. The molecule has 3 rings (SSSR count). The van der Waals surface area contributed by atoms with Gasteiger partial charge in [0.1, 0.15) is 12.4 Å². The van der Waals surface area contributed by atoms with Crippen LogP contribution in [0.15, 0.2) is 54.6 Å². The summed E-state index contributed by atoms with van der Waals surface area (Å²) in [7, 11) is 0. The van der Waals surface area contributed by atoms with Gasteiger partial charge in [-0.1, -0.05) is 74.6 Å². The van der Waals surface area contributed by atoms with Crippen LogP contribution in [-0.2, 0) is 17.8 Å². The molecule has 0 amide bonds. The summed E-state index contributed by atoms with van der Waals surface area (Å²) in [5, 5.41) is 20.0. The van der Waals surface area contributed by atoms with Gasteiger partial charge in [-0.05, 0) is 54.9 Å². The summed E-state index contributed by atoms with van der Waals surface area (Å²) in [4.78, 5) is 11.7. The molecule has 0 bridgehead atoms. The van der Waals surface area contributed by atoms with Crippen molar-refractivity contribution in [2.24, 2.45) is 11.8 Å². The van der Waals surface area contributed by atoms with Crippen molar-refractivity contribution in [3.63, 3.8) is 0 Å². The van der Waals surface area contributed by atoms with Crippen molar-refractivity contribution in [2.75, 3.05) is 0 Å². The molecule has 2 aromatic carbocycles. The number of carbonyl (C=O) groups is 1. The Bertz CT molecular complexity index is 750. The maximum Gasteiger partial charge on any atom is 0.306 e. The van der Waals surface area contributed by atoms with Gasteiger partial charge in [-0.2, -0.15) is 0 Å². The highest BCUT2D eigenvalue weighted by molar-refractivity contribution is 5.70. The number of carboxylic acid groups (broad SMARTS) is 1. The molecule has 1 fully saturated rings. The van der Waals surface area contributed by atoms with Crippen LogP contribution < -0.4 is 4.74 Å². The normalized spacial score (nSPS) is 16.7. The number of hydrogen-bond acceptors (Lipinski definition) is 3. The Balaban J connectivity index is 1.46. The average Bonchev–Trinajstić information content (AvgIpc) is 2.78. The lowest BCUT2D eigenvalue weighted by Crippen LogP contribution is -2.23. The number of aliphatic hydroxyl groups is 1. The highest BCUT2D eigenvalue weighted by Gasteiger charge is 2.23. The molecule has 1 saturated carbocycles. The molecular formula is C26H34O4. The monoisotopic (exact) mass is 410 g/mol. The van der Waals surface area contributed by atoms with Crippen molar-refractivity contribution >= 4 is 5.97 Å². The van der Waals surface area contributed by atoms with Gasteiger partial charge in [0.2, 0.25) is 0 Å². The minimum absolute atomic E-state index is 0.314.